The van der Waals surface area contributed by atoms with E-state index in [1.54, 1.807) is 11.1 Å². The first kappa shape index (κ1) is 13.1. The fourth-order valence-corrected chi connectivity index (χ4v) is 3.74. The van der Waals surface area contributed by atoms with Gasteiger partial charge in [-0.25, -0.2) is 0 Å². The summed E-state index contributed by atoms with van der Waals surface area (Å²) < 4.78 is 0. The third kappa shape index (κ3) is 2.70. The van der Waals surface area contributed by atoms with Crippen LogP contribution in [-0.4, -0.2) is 37.6 Å². The van der Waals surface area contributed by atoms with Crippen molar-refractivity contribution in [3.05, 3.63) is 35.4 Å². The summed E-state index contributed by atoms with van der Waals surface area (Å²) in [4.78, 5) is 2.70. The number of benzene rings is 1. The third-order valence-corrected chi connectivity index (χ3v) is 5.14. The molecule has 3 rings (SSSR count). The van der Waals surface area contributed by atoms with E-state index in [0.29, 0.717) is 6.04 Å². The molecule has 1 N–H and O–H groups in total. The van der Waals surface area contributed by atoms with Crippen LogP contribution in [-0.2, 0) is 6.42 Å². The lowest BCUT2D eigenvalue weighted by Crippen LogP contribution is -2.45. The van der Waals surface area contributed by atoms with E-state index in [1.807, 2.05) is 0 Å². The van der Waals surface area contributed by atoms with Crippen molar-refractivity contribution in [1.82, 2.24) is 10.2 Å². The summed E-state index contributed by atoms with van der Waals surface area (Å²) in [5.74, 6) is 1.62. The van der Waals surface area contributed by atoms with Gasteiger partial charge in [-0.3, -0.25) is 0 Å². The van der Waals surface area contributed by atoms with E-state index in [4.69, 9.17) is 0 Å². The number of rotatable bonds is 4. The molecule has 0 aromatic heterocycles. The van der Waals surface area contributed by atoms with Crippen molar-refractivity contribution in [1.29, 1.82) is 0 Å². The lowest BCUT2D eigenvalue weighted by atomic mass is 9.77. The van der Waals surface area contributed by atoms with Crippen molar-refractivity contribution in [2.75, 3.05) is 26.7 Å². The molecule has 0 amide bonds. The van der Waals surface area contributed by atoms with Gasteiger partial charge in [0.15, 0.2) is 0 Å². The average molecular weight is 258 g/mol. The summed E-state index contributed by atoms with van der Waals surface area (Å²) in [5, 5.41) is 3.43. The van der Waals surface area contributed by atoms with Gasteiger partial charge >= 0.3 is 0 Å². The molecular formula is C17H26N2. The number of fused-ring (bicyclic) bond motifs is 1. The van der Waals surface area contributed by atoms with E-state index in [9.17, 15) is 0 Å². The average Bonchev–Trinajstić information content (AvgIpc) is 2.44. The quantitative estimate of drug-likeness (QED) is 0.893. The van der Waals surface area contributed by atoms with Crippen molar-refractivity contribution < 1.29 is 0 Å². The zero-order valence-electron chi connectivity index (χ0n) is 12.2. The molecule has 3 unspecified atom stereocenters. The normalized spacial score (nSPS) is 28.5. The Morgan fingerprint density at radius 3 is 3.00 bits per heavy atom. The molecule has 0 radical (unpaired) electrons. The van der Waals surface area contributed by atoms with E-state index in [0.717, 1.165) is 11.8 Å². The summed E-state index contributed by atoms with van der Waals surface area (Å²) >= 11 is 0. The molecule has 2 heteroatoms. The van der Waals surface area contributed by atoms with Crippen molar-refractivity contribution >= 4 is 0 Å². The number of likely N-dealkylation sites (tertiary alicyclic amines) is 1. The second-order valence-corrected chi connectivity index (χ2v) is 6.34. The van der Waals surface area contributed by atoms with E-state index in [-0.39, 0.29) is 0 Å². The van der Waals surface area contributed by atoms with Gasteiger partial charge in [-0.2, -0.15) is 0 Å². The van der Waals surface area contributed by atoms with Crippen LogP contribution in [0.4, 0.5) is 0 Å². The molecule has 1 saturated heterocycles. The number of hydrogen-bond acceptors (Lipinski definition) is 2. The number of piperidine rings is 1. The third-order valence-electron chi connectivity index (χ3n) is 5.14. The molecule has 104 valence electrons. The van der Waals surface area contributed by atoms with E-state index in [1.165, 1.54) is 38.9 Å². The maximum atomic E-state index is 3.43. The van der Waals surface area contributed by atoms with Crippen LogP contribution in [0.3, 0.4) is 0 Å². The Kier molecular flexibility index (Phi) is 3.90. The van der Waals surface area contributed by atoms with Gasteiger partial charge in [0, 0.05) is 25.0 Å². The first-order valence-corrected chi connectivity index (χ1v) is 7.75. The van der Waals surface area contributed by atoms with Crippen LogP contribution >= 0.6 is 0 Å². The maximum absolute atomic E-state index is 3.43. The van der Waals surface area contributed by atoms with Gasteiger partial charge < -0.3 is 10.2 Å². The zero-order chi connectivity index (χ0) is 13.2. The molecule has 2 nitrogen and oxygen atoms in total. The standard InChI is InChI=1S/C17H26N2/c1-13(18-2)15-7-5-9-19(11-15)12-16-10-14-6-3-4-8-17(14)16/h3-4,6,8,13,15-16,18H,5,7,9-12H2,1-2H3. The number of hydrogen-bond donors (Lipinski definition) is 1. The first-order chi connectivity index (χ1) is 9.28. The molecule has 1 heterocycles. The molecule has 19 heavy (non-hydrogen) atoms. The minimum Gasteiger partial charge on any atom is -0.317 e. The molecule has 0 saturated carbocycles. The molecule has 1 aromatic carbocycles. The highest BCUT2D eigenvalue weighted by atomic mass is 15.1. The SMILES string of the molecule is CNC(C)C1CCCN(CC2Cc3ccccc32)C1. The summed E-state index contributed by atoms with van der Waals surface area (Å²) in [6.45, 7) is 6.17. The van der Waals surface area contributed by atoms with Crippen molar-refractivity contribution in [3.8, 4) is 0 Å². The van der Waals surface area contributed by atoms with Gasteiger partial charge in [0.2, 0.25) is 0 Å². The minimum atomic E-state index is 0.650. The van der Waals surface area contributed by atoms with E-state index < -0.39 is 0 Å². The molecular weight excluding hydrogens is 232 g/mol. The molecule has 1 aliphatic carbocycles. The van der Waals surface area contributed by atoms with Crippen LogP contribution in [0.5, 0.6) is 0 Å². The topological polar surface area (TPSA) is 15.3 Å². The minimum absolute atomic E-state index is 0.650. The molecule has 1 fully saturated rings. The molecule has 1 aromatic rings. The Balaban J connectivity index is 1.57. The van der Waals surface area contributed by atoms with Gasteiger partial charge in [0.1, 0.15) is 0 Å². The molecule has 0 bridgehead atoms. The largest absolute Gasteiger partial charge is 0.317 e. The number of nitrogens with one attached hydrogen (secondary N) is 1. The highest BCUT2D eigenvalue weighted by Gasteiger charge is 2.30. The lowest BCUT2D eigenvalue weighted by Gasteiger charge is -2.40. The summed E-state index contributed by atoms with van der Waals surface area (Å²) in [6.07, 6.45) is 4.05. The lowest BCUT2D eigenvalue weighted by molar-refractivity contribution is 0.142. The highest BCUT2D eigenvalue weighted by molar-refractivity contribution is 5.40. The molecule has 3 atom stereocenters. The van der Waals surface area contributed by atoms with Gasteiger partial charge in [0.25, 0.3) is 0 Å². The van der Waals surface area contributed by atoms with Crippen LogP contribution in [0, 0.1) is 5.92 Å². The van der Waals surface area contributed by atoms with Crippen LogP contribution in [0.2, 0.25) is 0 Å². The van der Waals surface area contributed by atoms with Crippen molar-refractivity contribution in [3.63, 3.8) is 0 Å². The molecule has 1 aliphatic heterocycles. The second kappa shape index (κ2) is 5.64. The maximum Gasteiger partial charge on any atom is 0.00762 e. The number of nitrogens with zero attached hydrogens (tertiary/aromatic N) is 1. The molecule has 2 aliphatic rings. The predicted molar refractivity (Wildman–Crippen MR) is 80.6 cm³/mol. The van der Waals surface area contributed by atoms with Gasteiger partial charge in [0.05, 0.1) is 0 Å². The summed E-state index contributed by atoms with van der Waals surface area (Å²) in [6, 6.07) is 9.61. The van der Waals surface area contributed by atoms with Crippen LogP contribution in [0.15, 0.2) is 24.3 Å². The Morgan fingerprint density at radius 2 is 2.21 bits per heavy atom. The fourth-order valence-electron chi connectivity index (χ4n) is 3.74. The summed E-state index contributed by atoms with van der Waals surface area (Å²) in [5.41, 5.74) is 3.18. The molecule has 0 spiro atoms. The van der Waals surface area contributed by atoms with Crippen LogP contribution in [0.1, 0.15) is 36.8 Å². The Morgan fingerprint density at radius 1 is 1.37 bits per heavy atom. The Hall–Kier alpha value is -0.860. The fraction of sp³-hybridized carbons (Fsp3) is 0.647. The zero-order valence-corrected chi connectivity index (χ0v) is 12.2. The Labute approximate surface area is 117 Å². The summed E-state index contributed by atoms with van der Waals surface area (Å²) in [7, 11) is 2.09. The first-order valence-electron chi connectivity index (χ1n) is 7.75. The van der Waals surface area contributed by atoms with Crippen molar-refractivity contribution in [2.45, 2.75) is 38.1 Å². The Bertz CT molecular complexity index is 429. The van der Waals surface area contributed by atoms with Crippen LogP contribution < -0.4 is 5.32 Å². The van der Waals surface area contributed by atoms with Crippen LogP contribution in [0.25, 0.3) is 0 Å². The monoisotopic (exact) mass is 258 g/mol. The van der Waals surface area contributed by atoms with Gasteiger partial charge in [-0.1, -0.05) is 24.3 Å². The predicted octanol–water partition coefficient (Wildman–Crippen LogP) is 2.65. The van der Waals surface area contributed by atoms with Crippen molar-refractivity contribution in [2.24, 2.45) is 5.92 Å². The van der Waals surface area contributed by atoms with E-state index in [2.05, 4.69) is 48.5 Å². The highest BCUT2D eigenvalue weighted by Crippen LogP contribution is 2.36. The van der Waals surface area contributed by atoms with Gasteiger partial charge in [-0.15, -0.1) is 0 Å². The second-order valence-electron chi connectivity index (χ2n) is 6.34. The van der Waals surface area contributed by atoms with E-state index >= 15 is 0 Å². The van der Waals surface area contributed by atoms with Gasteiger partial charge in [-0.05, 0) is 56.8 Å². The smallest absolute Gasteiger partial charge is 0.00762 e.